The molecule has 90 valence electrons. The van der Waals surface area contributed by atoms with Gasteiger partial charge in [0.05, 0.1) is 11.8 Å². The van der Waals surface area contributed by atoms with Crippen molar-refractivity contribution in [2.24, 2.45) is 0 Å². The molecule has 17 heavy (non-hydrogen) atoms. The number of nitrogens with zero attached hydrogens (tertiary/aromatic N) is 2. The third-order valence-electron chi connectivity index (χ3n) is 1.96. The molecule has 0 radical (unpaired) electrons. The SMILES string of the molecule is CC(C)(C)OC(=O)Nc1nccc2[nH]cnc12. The van der Waals surface area contributed by atoms with E-state index in [1.54, 1.807) is 39.4 Å². The van der Waals surface area contributed by atoms with Crippen LogP contribution in [0.5, 0.6) is 0 Å². The molecule has 0 aromatic carbocycles. The van der Waals surface area contributed by atoms with E-state index in [0.29, 0.717) is 11.3 Å². The topological polar surface area (TPSA) is 79.9 Å². The predicted molar refractivity (Wildman–Crippen MR) is 63.7 cm³/mol. The fourth-order valence-electron chi connectivity index (χ4n) is 1.36. The van der Waals surface area contributed by atoms with Crippen molar-refractivity contribution in [2.75, 3.05) is 5.32 Å². The van der Waals surface area contributed by atoms with E-state index in [-0.39, 0.29) is 0 Å². The molecule has 2 aromatic rings. The number of rotatable bonds is 1. The number of amides is 1. The van der Waals surface area contributed by atoms with Gasteiger partial charge < -0.3 is 9.72 Å². The molecule has 0 fully saturated rings. The Kier molecular flexibility index (Phi) is 2.71. The molecular formula is C11H14N4O2. The van der Waals surface area contributed by atoms with Gasteiger partial charge in [0.2, 0.25) is 0 Å². The summed E-state index contributed by atoms with van der Waals surface area (Å²) in [6.45, 7) is 5.40. The van der Waals surface area contributed by atoms with Crippen molar-refractivity contribution in [3.05, 3.63) is 18.6 Å². The zero-order valence-corrected chi connectivity index (χ0v) is 9.94. The summed E-state index contributed by atoms with van der Waals surface area (Å²) < 4.78 is 5.14. The number of ether oxygens (including phenoxy) is 1. The molecule has 6 nitrogen and oxygen atoms in total. The van der Waals surface area contributed by atoms with E-state index in [4.69, 9.17) is 4.74 Å². The molecule has 2 aromatic heterocycles. The minimum Gasteiger partial charge on any atom is -0.444 e. The van der Waals surface area contributed by atoms with Crippen molar-refractivity contribution in [1.82, 2.24) is 15.0 Å². The number of nitrogens with one attached hydrogen (secondary N) is 2. The number of anilines is 1. The van der Waals surface area contributed by atoms with Crippen LogP contribution >= 0.6 is 0 Å². The highest BCUT2D eigenvalue weighted by Crippen LogP contribution is 2.17. The lowest BCUT2D eigenvalue weighted by Crippen LogP contribution is -2.27. The lowest BCUT2D eigenvalue weighted by atomic mass is 10.2. The number of aromatic nitrogens is 3. The van der Waals surface area contributed by atoms with Crippen LogP contribution in [0.25, 0.3) is 11.0 Å². The molecule has 0 unspecified atom stereocenters. The summed E-state index contributed by atoms with van der Waals surface area (Å²) in [6.07, 6.45) is 2.60. The highest BCUT2D eigenvalue weighted by Gasteiger charge is 2.17. The first-order chi connectivity index (χ1) is 7.96. The summed E-state index contributed by atoms with van der Waals surface area (Å²) in [6, 6.07) is 1.78. The second-order valence-corrected chi connectivity index (χ2v) is 4.59. The summed E-state index contributed by atoms with van der Waals surface area (Å²) in [5.74, 6) is 0.387. The molecule has 0 atom stereocenters. The van der Waals surface area contributed by atoms with Gasteiger partial charge in [-0.15, -0.1) is 0 Å². The highest BCUT2D eigenvalue weighted by molar-refractivity contribution is 5.94. The summed E-state index contributed by atoms with van der Waals surface area (Å²) in [7, 11) is 0. The van der Waals surface area contributed by atoms with E-state index in [9.17, 15) is 4.79 Å². The van der Waals surface area contributed by atoms with Gasteiger partial charge >= 0.3 is 6.09 Å². The van der Waals surface area contributed by atoms with Crippen LogP contribution in [0.2, 0.25) is 0 Å². The predicted octanol–water partition coefficient (Wildman–Crippen LogP) is 2.30. The van der Waals surface area contributed by atoms with E-state index in [0.717, 1.165) is 5.52 Å². The number of hydrogen-bond donors (Lipinski definition) is 2. The van der Waals surface area contributed by atoms with Gasteiger partial charge in [0.15, 0.2) is 5.82 Å². The van der Waals surface area contributed by atoms with Crippen LogP contribution in [0.15, 0.2) is 18.6 Å². The van der Waals surface area contributed by atoms with Crippen molar-refractivity contribution in [2.45, 2.75) is 26.4 Å². The van der Waals surface area contributed by atoms with Crippen LogP contribution < -0.4 is 5.32 Å². The number of carbonyl (C=O) groups is 1. The minimum absolute atomic E-state index is 0.387. The Balaban J connectivity index is 2.18. The highest BCUT2D eigenvalue weighted by atomic mass is 16.6. The maximum atomic E-state index is 11.6. The zero-order chi connectivity index (χ0) is 12.5. The Bertz CT molecular complexity index is 542. The van der Waals surface area contributed by atoms with Crippen molar-refractivity contribution in [3.63, 3.8) is 0 Å². The molecular weight excluding hydrogens is 220 g/mol. The normalized spacial score (nSPS) is 11.5. The third-order valence-corrected chi connectivity index (χ3v) is 1.96. The van der Waals surface area contributed by atoms with Gasteiger partial charge in [0, 0.05) is 6.20 Å². The Labute approximate surface area is 98.4 Å². The van der Waals surface area contributed by atoms with E-state index < -0.39 is 11.7 Å². The number of hydrogen-bond acceptors (Lipinski definition) is 4. The van der Waals surface area contributed by atoms with Crippen molar-refractivity contribution < 1.29 is 9.53 Å². The zero-order valence-electron chi connectivity index (χ0n) is 9.94. The largest absolute Gasteiger partial charge is 0.444 e. The van der Waals surface area contributed by atoms with Gasteiger partial charge in [-0.25, -0.2) is 14.8 Å². The fourth-order valence-corrected chi connectivity index (χ4v) is 1.36. The molecule has 6 heteroatoms. The molecule has 1 amide bonds. The molecule has 0 saturated carbocycles. The van der Waals surface area contributed by atoms with Gasteiger partial charge in [0.25, 0.3) is 0 Å². The molecule has 2 rings (SSSR count). The summed E-state index contributed by atoms with van der Waals surface area (Å²) in [5.41, 5.74) is 0.883. The second kappa shape index (κ2) is 4.04. The maximum absolute atomic E-state index is 11.6. The Morgan fingerprint density at radius 1 is 1.41 bits per heavy atom. The van der Waals surface area contributed by atoms with Crippen molar-refractivity contribution >= 4 is 22.9 Å². The van der Waals surface area contributed by atoms with Gasteiger partial charge in [-0.2, -0.15) is 0 Å². The molecule has 0 aliphatic heterocycles. The molecule has 0 saturated heterocycles. The third kappa shape index (κ3) is 2.72. The first-order valence-corrected chi connectivity index (χ1v) is 5.24. The Morgan fingerprint density at radius 2 is 2.18 bits per heavy atom. The van der Waals surface area contributed by atoms with Crippen LogP contribution in [-0.2, 0) is 4.74 Å². The minimum atomic E-state index is -0.541. The lowest BCUT2D eigenvalue weighted by molar-refractivity contribution is 0.0635. The number of fused-ring (bicyclic) bond motifs is 1. The smallest absolute Gasteiger partial charge is 0.413 e. The van der Waals surface area contributed by atoms with Gasteiger partial charge in [-0.05, 0) is 26.8 Å². The Hall–Kier alpha value is -2.11. The first kappa shape index (κ1) is 11.4. The number of pyridine rings is 1. The standard InChI is InChI=1S/C11H14N4O2/c1-11(2,3)17-10(16)15-9-8-7(4-5-12-9)13-6-14-8/h4-6H,1-3H3,(H,13,14)(H,12,15,16). The van der Waals surface area contributed by atoms with E-state index in [2.05, 4.69) is 20.3 Å². The van der Waals surface area contributed by atoms with Crippen LogP contribution in [-0.4, -0.2) is 26.6 Å². The van der Waals surface area contributed by atoms with Gasteiger partial charge in [-0.3, -0.25) is 5.32 Å². The molecule has 0 spiro atoms. The van der Waals surface area contributed by atoms with Crippen LogP contribution in [0, 0.1) is 0 Å². The van der Waals surface area contributed by atoms with Crippen LogP contribution in [0.4, 0.5) is 10.6 Å². The van der Waals surface area contributed by atoms with Crippen molar-refractivity contribution in [3.8, 4) is 0 Å². The molecule has 0 aliphatic rings. The molecule has 0 bridgehead atoms. The quantitative estimate of drug-likeness (QED) is 0.793. The second-order valence-electron chi connectivity index (χ2n) is 4.59. The van der Waals surface area contributed by atoms with E-state index in [1.165, 1.54) is 0 Å². The average molecular weight is 234 g/mol. The number of H-pyrrole nitrogens is 1. The van der Waals surface area contributed by atoms with Gasteiger partial charge in [-0.1, -0.05) is 0 Å². The average Bonchev–Trinajstić information content (AvgIpc) is 2.63. The van der Waals surface area contributed by atoms with Crippen LogP contribution in [0.3, 0.4) is 0 Å². The van der Waals surface area contributed by atoms with E-state index in [1.807, 2.05) is 0 Å². The number of carbonyl (C=O) groups excluding carboxylic acids is 1. The maximum Gasteiger partial charge on any atom is 0.413 e. The monoisotopic (exact) mass is 234 g/mol. The Morgan fingerprint density at radius 3 is 2.88 bits per heavy atom. The van der Waals surface area contributed by atoms with Crippen molar-refractivity contribution in [1.29, 1.82) is 0 Å². The van der Waals surface area contributed by atoms with Gasteiger partial charge in [0.1, 0.15) is 11.1 Å². The first-order valence-electron chi connectivity index (χ1n) is 5.24. The summed E-state index contributed by atoms with van der Waals surface area (Å²) in [5, 5.41) is 2.57. The molecule has 2 N–H and O–H groups in total. The lowest BCUT2D eigenvalue weighted by Gasteiger charge is -2.19. The van der Waals surface area contributed by atoms with Crippen LogP contribution in [0.1, 0.15) is 20.8 Å². The van der Waals surface area contributed by atoms with E-state index >= 15 is 0 Å². The summed E-state index contributed by atoms with van der Waals surface area (Å²) in [4.78, 5) is 22.7. The molecule has 2 heterocycles. The summed E-state index contributed by atoms with van der Waals surface area (Å²) >= 11 is 0. The molecule has 0 aliphatic carbocycles. The fraction of sp³-hybridized carbons (Fsp3) is 0.364. The number of imidazole rings is 1. The number of aromatic amines is 1.